The molecule has 4 nitrogen and oxygen atoms in total. The van der Waals surface area contributed by atoms with Gasteiger partial charge in [0.1, 0.15) is 5.82 Å². The van der Waals surface area contributed by atoms with E-state index in [0.29, 0.717) is 5.92 Å². The van der Waals surface area contributed by atoms with Crippen LogP contribution in [0.15, 0.2) is 12.4 Å². The summed E-state index contributed by atoms with van der Waals surface area (Å²) in [6, 6.07) is 0.169. The van der Waals surface area contributed by atoms with Gasteiger partial charge in [0.25, 0.3) is 0 Å². The quantitative estimate of drug-likeness (QED) is 0.556. The number of hydrogen-bond donors (Lipinski definition) is 2. The van der Waals surface area contributed by atoms with E-state index in [1.165, 1.54) is 0 Å². The van der Waals surface area contributed by atoms with Crippen molar-refractivity contribution in [3.05, 3.63) is 18.2 Å². The molecule has 0 aliphatic carbocycles. The largest absolute Gasteiger partial charge is 0.334 e. The van der Waals surface area contributed by atoms with Crippen LogP contribution in [-0.4, -0.2) is 9.55 Å². The van der Waals surface area contributed by atoms with Crippen LogP contribution in [0.5, 0.6) is 0 Å². The first kappa shape index (κ1) is 12.2. The zero-order chi connectivity index (χ0) is 11.3. The van der Waals surface area contributed by atoms with E-state index >= 15 is 0 Å². The van der Waals surface area contributed by atoms with Crippen molar-refractivity contribution in [3.63, 3.8) is 0 Å². The fourth-order valence-corrected chi connectivity index (χ4v) is 1.69. The molecule has 0 aliphatic rings. The van der Waals surface area contributed by atoms with E-state index in [4.69, 9.17) is 5.84 Å². The molecule has 1 aromatic rings. The number of nitrogens with zero attached hydrogens (tertiary/aromatic N) is 2. The van der Waals surface area contributed by atoms with Gasteiger partial charge in [-0.15, -0.1) is 0 Å². The molecule has 1 heterocycles. The van der Waals surface area contributed by atoms with Crippen LogP contribution < -0.4 is 11.3 Å². The molecule has 0 amide bonds. The molecule has 0 aliphatic heterocycles. The highest BCUT2D eigenvalue weighted by atomic mass is 15.3. The van der Waals surface area contributed by atoms with Crippen LogP contribution in [-0.2, 0) is 6.54 Å². The first-order valence-electron chi connectivity index (χ1n) is 5.66. The van der Waals surface area contributed by atoms with Gasteiger partial charge in [-0.2, -0.15) is 0 Å². The second kappa shape index (κ2) is 5.88. The first-order chi connectivity index (χ1) is 7.19. The highest BCUT2D eigenvalue weighted by molar-refractivity contribution is 4.98. The second-order valence-electron chi connectivity index (χ2n) is 4.26. The lowest BCUT2D eigenvalue weighted by Gasteiger charge is -2.17. The number of nitrogens with two attached hydrogens (primary N) is 1. The summed E-state index contributed by atoms with van der Waals surface area (Å²) in [6.07, 6.45) is 6.02. The average molecular weight is 210 g/mol. The molecule has 1 rings (SSSR count). The Labute approximate surface area is 91.8 Å². The Morgan fingerprint density at radius 1 is 1.47 bits per heavy atom. The molecule has 0 fully saturated rings. The van der Waals surface area contributed by atoms with Crippen LogP contribution in [0.2, 0.25) is 0 Å². The van der Waals surface area contributed by atoms with Gasteiger partial charge in [-0.25, -0.2) is 10.4 Å². The Balaban J connectivity index is 2.65. The summed E-state index contributed by atoms with van der Waals surface area (Å²) in [5.41, 5.74) is 2.85. The molecule has 86 valence electrons. The van der Waals surface area contributed by atoms with Crippen molar-refractivity contribution in [3.8, 4) is 0 Å². The molecule has 0 saturated carbocycles. The minimum atomic E-state index is 0.169. The standard InChI is InChI=1S/C11H22N4/c1-4-15-8-7-13-11(15)10(14-12)6-5-9(2)3/h7-10,14H,4-6,12H2,1-3H3. The summed E-state index contributed by atoms with van der Waals surface area (Å²) >= 11 is 0. The summed E-state index contributed by atoms with van der Waals surface area (Å²) in [4.78, 5) is 4.36. The van der Waals surface area contributed by atoms with E-state index in [2.05, 4.69) is 35.7 Å². The van der Waals surface area contributed by atoms with Crippen LogP contribution >= 0.6 is 0 Å². The number of aromatic nitrogens is 2. The lowest BCUT2D eigenvalue weighted by Crippen LogP contribution is -2.30. The molecule has 4 heteroatoms. The third-order valence-electron chi connectivity index (χ3n) is 2.63. The maximum atomic E-state index is 5.57. The van der Waals surface area contributed by atoms with Gasteiger partial charge in [0.2, 0.25) is 0 Å². The summed E-state index contributed by atoms with van der Waals surface area (Å²) in [5.74, 6) is 7.31. The van der Waals surface area contributed by atoms with Crippen molar-refractivity contribution in [1.82, 2.24) is 15.0 Å². The van der Waals surface area contributed by atoms with Crippen molar-refractivity contribution in [2.75, 3.05) is 0 Å². The third kappa shape index (κ3) is 3.32. The Morgan fingerprint density at radius 3 is 2.73 bits per heavy atom. The normalized spacial score (nSPS) is 13.4. The van der Waals surface area contributed by atoms with Gasteiger partial charge in [-0.05, 0) is 25.7 Å². The predicted octanol–water partition coefficient (Wildman–Crippen LogP) is 1.84. The monoisotopic (exact) mass is 210 g/mol. The topological polar surface area (TPSA) is 55.9 Å². The van der Waals surface area contributed by atoms with E-state index in [1.807, 2.05) is 12.4 Å². The van der Waals surface area contributed by atoms with Crippen LogP contribution in [0.3, 0.4) is 0 Å². The van der Waals surface area contributed by atoms with Gasteiger partial charge in [0.05, 0.1) is 6.04 Å². The third-order valence-corrected chi connectivity index (χ3v) is 2.63. The molecule has 0 bridgehead atoms. The molecular formula is C11H22N4. The Hall–Kier alpha value is -0.870. The smallest absolute Gasteiger partial charge is 0.127 e. The molecule has 15 heavy (non-hydrogen) atoms. The maximum absolute atomic E-state index is 5.57. The second-order valence-corrected chi connectivity index (χ2v) is 4.26. The molecule has 1 aromatic heterocycles. The van der Waals surface area contributed by atoms with Crippen LogP contribution in [0.1, 0.15) is 45.5 Å². The van der Waals surface area contributed by atoms with Crippen LogP contribution in [0.25, 0.3) is 0 Å². The molecule has 0 saturated heterocycles. The van der Waals surface area contributed by atoms with Gasteiger partial charge in [0.15, 0.2) is 0 Å². The number of hydrogen-bond acceptors (Lipinski definition) is 3. The average Bonchev–Trinajstić information content (AvgIpc) is 2.66. The molecule has 1 unspecified atom stereocenters. The number of imidazole rings is 1. The molecular weight excluding hydrogens is 188 g/mol. The molecule has 3 N–H and O–H groups in total. The van der Waals surface area contributed by atoms with Gasteiger partial charge in [0, 0.05) is 18.9 Å². The minimum Gasteiger partial charge on any atom is -0.334 e. The van der Waals surface area contributed by atoms with E-state index in [1.54, 1.807) is 0 Å². The van der Waals surface area contributed by atoms with E-state index in [9.17, 15) is 0 Å². The van der Waals surface area contributed by atoms with Crippen molar-refractivity contribution in [2.45, 2.75) is 46.2 Å². The van der Waals surface area contributed by atoms with Crippen molar-refractivity contribution < 1.29 is 0 Å². The Kier molecular flexibility index (Phi) is 4.78. The van der Waals surface area contributed by atoms with Crippen LogP contribution in [0.4, 0.5) is 0 Å². The zero-order valence-electron chi connectivity index (χ0n) is 9.90. The predicted molar refractivity (Wildman–Crippen MR) is 62.0 cm³/mol. The van der Waals surface area contributed by atoms with Gasteiger partial charge in [-0.3, -0.25) is 5.84 Å². The zero-order valence-corrected chi connectivity index (χ0v) is 9.90. The van der Waals surface area contributed by atoms with Crippen molar-refractivity contribution in [1.29, 1.82) is 0 Å². The lowest BCUT2D eigenvalue weighted by atomic mass is 10.0. The number of nitrogens with one attached hydrogen (secondary N) is 1. The highest BCUT2D eigenvalue weighted by Gasteiger charge is 2.14. The van der Waals surface area contributed by atoms with Crippen molar-refractivity contribution >= 4 is 0 Å². The molecule has 0 aromatic carbocycles. The maximum Gasteiger partial charge on any atom is 0.127 e. The number of hydrazine groups is 1. The summed E-state index contributed by atoms with van der Waals surface area (Å²) in [7, 11) is 0. The Bertz CT molecular complexity index is 280. The van der Waals surface area contributed by atoms with E-state index in [-0.39, 0.29) is 6.04 Å². The van der Waals surface area contributed by atoms with Crippen molar-refractivity contribution in [2.24, 2.45) is 11.8 Å². The lowest BCUT2D eigenvalue weighted by molar-refractivity contribution is 0.421. The highest BCUT2D eigenvalue weighted by Crippen LogP contribution is 2.18. The summed E-state index contributed by atoms with van der Waals surface area (Å²) in [5, 5.41) is 0. The van der Waals surface area contributed by atoms with Gasteiger partial charge < -0.3 is 4.57 Å². The summed E-state index contributed by atoms with van der Waals surface area (Å²) < 4.78 is 2.13. The Morgan fingerprint density at radius 2 is 2.20 bits per heavy atom. The summed E-state index contributed by atoms with van der Waals surface area (Å²) in [6.45, 7) is 7.50. The fourth-order valence-electron chi connectivity index (χ4n) is 1.69. The number of aryl methyl sites for hydroxylation is 1. The molecule has 1 atom stereocenters. The fraction of sp³-hybridized carbons (Fsp3) is 0.727. The number of rotatable bonds is 6. The SMILES string of the molecule is CCn1ccnc1C(CCC(C)C)NN. The van der Waals surface area contributed by atoms with Gasteiger partial charge in [-0.1, -0.05) is 13.8 Å². The van der Waals surface area contributed by atoms with E-state index in [0.717, 1.165) is 25.2 Å². The molecule has 0 spiro atoms. The minimum absolute atomic E-state index is 0.169. The van der Waals surface area contributed by atoms with Gasteiger partial charge >= 0.3 is 0 Å². The first-order valence-corrected chi connectivity index (χ1v) is 5.66. The van der Waals surface area contributed by atoms with Crippen LogP contribution in [0, 0.1) is 5.92 Å². The molecule has 0 radical (unpaired) electrons. The van der Waals surface area contributed by atoms with E-state index < -0.39 is 0 Å².